The highest BCUT2D eigenvalue weighted by atomic mass is 16.7. The van der Waals surface area contributed by atoms with Gasteiger partial charge in [0.1, 0.15) is 48.8 Å². The fourth-order valence-corrected chi connectivity index (χ4v) is 3.39. The molecule has 174 valence electrons. The van der Waals surface area contributed by atoms with E-state index in [0.717, 1.165) is 0 Å². The van der Waals surface area contributed by atoms with Crippen LogP contribution in [0.4, 0.5) is 0 Å². The number of carbonyl (C=O) groups excluding carboxylic acids is 1. The Hall–Kier alpha value is -1.71. The summed E-state index contributed by atoms with van der Waals surface area (Å²) in [5.41, 5.74) is 0.163. The van der Waals surface area contributed by atoms with Crippen molar-refractivity contribution >= 4 is 5.97 Å². The quantitative estimate of drug-likeness (QED) is 0.213. The minimum absolute atomic E-state index is 0.163. The van der Waals surface area contributed by atoms with Gasteiger partial charge in [0.05, 0.1) is 18.8 Å². The van der Waals surface area contributed by atoms with Crippen LogP contribution in [-0.2, 0) is 18.9 Å². The minimum Gasteiger partial charge on any atom is -0.429 e. The molecule has 0 aromatic heterocycles. The first-order chi connectivity index (χ1) is 14.8. The molecule has 2 fully saturated rings. The van der Waals surface area contributed by atoms with Crippen LogP contribution in [0.15, 0.2) is 30.3 Å². The predicted molar refractivity (Wildman–Crippen MR) is 98.3 cm³/mol. The average Bonchev–Trinajstić information content (AvgIpc) is 2.78. The first kappa shape index (κ1) is 23.9. The number of carbonyl (C=O) groups is 1. The predicted octanol–water partition coefficient (Wildman–Crippen LogP) is -3.53. The third-order valence-corrected chi connectivity index (χ3v) is 5.19. The van der Waals surface area contributed by atoms with Gasteiger partial charge in [0.15, 0.2) is 6.29 Å². The summed E-state index contributed by atoms with van der Waals surface area (Å²) in [6.45, 7) is -1.43. The smallest absolute Gasteiger partial charge is 0.340 e. The van der Waals surface area contributed by atoms with Crippen molar-refractivity contribution < 1.29 is 59.5 Å². The van der Waals surface area contributed by atoms with Gasteiger partial charge in [0, 0.05) is 0 Å². The van der Waals surface area contributed by atoms with Gasteiger partial charge >= 0.3 is 5.97 Å². The highest BCUT2D eigenvalue weighted by Crippen LogP contribution is 2.29. The van der Waals surface area contributed by atoms with E-state index in [4.69, 9.17) is 18.9 Å². The van der Waals surface area contributed by atoms with Crippen molar-refractivity contribution in [2.75, 3.05) is 13.2 Å². The van der Waals surface area contributed by atoms with E-state index in [9.17, 15) is 40.5 Å². The lowest BCUT2D eigenvalue weighted by Crippen LogP contribution is -2.65. The third-order valence-electron chi connectivity index (χ3n) is 5.19. The fourth-order valence-electron chi connectivity index (χ4n) is 3.39. The third kappa shape index (κ3) is 5.04. The van der Waals surface area contributed by atoms with Crippen LogP contribution in [0.5, 0.6) is 0 Å². The van der Waals surface area contributed by atoms with Crippen molar-refractivity contribution in [2.45, 2.75) is 61.4 Å². The van der Waals surface area contributed by atoms with Crippen molar-refractivity contribution in [2.24, 2.45) is 0 Å². The molecule has 12 nitrogen and oxygen atoms in total. The van der Waals surface area contributed by atoms with Crippen LogP contribution in [0.1, 0.15) is 10.4 Å². The molecule has 1 aromatic carbocycles. The van der Waals surface area contributed by atoms with Crippen molar-refractivity contribution in [3.05, 3.63) is 35.9 Å². The normalized spacial score (nSPS) is 41.0. The molecule has 10 atom stereocenters. The lowest BCUT2D eigenvalue weighted by molar-refractivity contribution is -0.355. The van der Waals surface area contributed by atoms with Crippen LogP contribution in [0.3, 0.4) is 0 Å². The summed E-state index contributed by atoms with van der Waals surface area (Å²) >= 11 is 0. The average molecular weight is 446 g/mol. The number of ether oxygens (including phenoxy) is 4. The van der Waals surface area contributed by atoms with E-state index in [-0.39, 0.29) is 5.56 Å². The number of hydrogen-bond donors (Lipinski definition) is 7. The van der Waals surface area contributed by atoms with Crippen LogP contribution >= 0.6 is 0 Å². The van der Waals surface area contributed by atoms with Crippen molar-refractivity contribution in [3.63, 3.8) is 0 Å². The molecular weight excluding hydrogens is 420 g/mol. The van der Waals surface area contributed by atoms with E-state index in [2.05, 4.69) is 0 Å². The molecule has 1 unspecified atom stereocenters. The van der Waals surface area contributed by atoms with Crippen LogP contribution in [0, 0.1) is 0 Å². The van der Waals surface area contributed by atoms with Crippen molar-refractivity contribution in [1.82, 2.24) is 0 Å². The Kier molecular flexibility index (Phi) is 7.93. The molecule has 2 aliphatic rings. The second-order valence-electron chi connectivity index (χ2n) is 7.28. The number of esters is 1. The maximum absolute atomic E-state index is 12.3. The van der Waals surface area contributed by atoms with E-state index in [1.54, 1.807) is 18.2 Å². The van der Waals surface area contributed by atoms with Gasteiger partial charge < -0.3 is 54.7 Å². The minimum atomic E-state index is -1.79. The second kappa shape index (κ2) is 10.3. The van der Waals surface area contributed by atoms with E-state index in [1.807, 2.05) is 0 Å². The summed E-state index contributed by atoms with van der Waals surface area (Å²) in [7, 11) is 0. The van der Waals surface area contributed by atoms with Gasteiger partial charge in [-0.25, -0.2) is 4.79 Å². The zero-order valence-corrected chi connectivity index (χ0v) is 16.2. The molecule has 3 rings (SSSR count). The highest BCUT2D eigenvalue weighted by Gasteiger charge is 2.51. The molecule has 0 saturated carbocycles. The summed E-state index contributed by atoms with van der Waals surface area (Å²) in [4.78, 5) is 12.3. The van der Waals surface area contributed by atoms with Crippen LogP contribution < -0.4 is 0 Å². The summed E-state index contributed by atoms with van der Waals surface area (Å²) in [6.07, 6.45) is -16.1. The van der Waals surface area contributed by atoms with Gasteiger partial charge in [-0.15, -0.1) is 0 Å². The monoisotopic (exact) mass is 446 g/mol. The number of aliphatic hydroxyl groups excluding tert-OH is 7. The number of benzene rings is 1. The molecule has 0 spiro atoms. The van der Waals surface area contributed by atoms with Crippen LogP contribution in [0.2, 0.25) is 0 Å². The Balaban J connectivity index is 1.75. The van der Waals surface area contributed by atoms with Gasteiger partial charge in [0.2, 0.25) is 6.29 Å². The first-order valence-electron chi connectivity index (χ1n) is 9.63. The van der Waals surface area contributed by atoms with Gasteiger partial charge in [-0.2, -0.15) is 0 Å². The number of aliphatic hydroxyl groups is 7. The van der Waals surface area contributed by atoms with E-state index in [1.165, 1.54) is 12.1 Å². The molecule has 2 aliphatic heterocycles. The molecule has 2 heterocycles. The molecule has 2 saturated heterocycles. The Morgan fingerprint density at radius 3 is 1.97 bits per heavy atom. The molecule has 0 amide bonds. The maximum Gasteiger partial charge on any atom is 0.340 e. The Morgan fingerprint density at radius 1 is 0.774 bits per heavy atom. The van der Waals surface area contributed by atoms with E-state index in [0.29, 0.717) is 0 Å². The van der Waals surface area contributed by atoms with Crippen molar-refractivity contribution in [3.8, 4) is 0 Å². The fraction of sp³-hybridized carbons (Fsp3) is 0.632. The largest absolute Gasteiger partial charge is 0.429 e. The molecule has 7 N–H and O–H groups in total. The summed E-state index contributed by atoms with van der Waals surface area (Å²) in [5, 5.41) is 69.7. The van der Waals surface area contributed by atoms with Crippen LogP contribution in [0.25, 0.3) is 0 Å². The van der Waals surface area contributed by atoms with Gasteiger partial charge in [-0.3, -0.25) is 0 Å². The SMILES string of the molecule is O=C(O[C@@H]1O[C@H](CO)[C@H](O)[C@H](OC2O[C@H](CO)[C@H](O)[C@H](O)[C@H]2O)[C@H]1O)c1ccccc1. The van der Waals surface area contributed by atoms with Crippen LogP contribution in [-0.4, -0.2) is 116 Å². The first-order valence-corrected chi connectivity index (χ1v) is 9.63. The zero-order valence-electron chi connectivity index (χ0n) is 16.2. The zero-order chi connectivity index (χ0) is 22.7. The number of hydrogen-bond acceptors (Lipinski definition) is 12. The van der Waals surface area contributed by atoms with E-state index >= 15 is 0 Å². The molecular formula is C19H26O12. The maximum atomic E-state index is 12.3. The standard InChI is InChI=1S/C19H26O12/c20-6-9-11(22)13(24)14(25)18(28-9)30-16-12(23)10(7-21)29-19(15(16)26)31-17(27)8-4-2-1-3-5-8/h1-5,9-16,18-26H,6-7H2/t9-,10-,11+,12+,13+,14-,15-,16+,18?,19+/m1/s1. The molecule has 0 bridgehead atoms. The topological polar surface area (TPSA) is 196 Å². The van der Waals surface area contributed by atoms with Gasteiger partial charge in [-0.05, 0) is 12.1 Å². The lowest BCUT2D eigenvalue weighted by atomic mass is 9.97. The number of rotatable bonds is 6. The molecule has 12 heteroatoms. The summed E-state index contributed by atoms with van der Waals surface area (Å²) in [6, 6.07) is 7.82. The van der Waals surface area contributed by atoms with Crippen molar-refractivity contribution in [1.29, 1.82) is 0 Å². The van der Waals surface area contributed by atoms with Gasteiger partial charge in [-0.1, -0.05) is 18.2 Å². The molecule has 1 aromatic rings. The van der Waals surface area contributed by atoms with Gasteiger partial charge in [0.25, 0.3) is 0 Å². The summed E-state index contributed by atoms with van der Waals surface area (Å²) < 4.78 is 21.1. The summed E-state index contributed by atoms with van der Waals surface area (Å²) in [5.74, 6) is -0.843. The Bertz CT molecular complexity index is 715. The second-order valence-corrected chi connectivity index (χ2v) is 7.28. The van der Waals surface area contributed by atoms with E-state index < -0.39 is 80.6 Å². The Labute approximate surface area is 176 Å². The lowest BCUT2D eigenvalue weighted by Gasteiger charge is -2.45. The highest BCUT2D eigenvalue weighted by molar-refractivity contribution is 5.89. The molecule has 0 radical (unpaired) electrons. The Morgan fingerprint density at radius 2 is 1.35 bits per heavy atom. The molecule has 31 heavy (non-hydrogen) atoms. The molecule has 0 aliphatic carbocycles.